The molecule has 1 rings (SSSR count). The van der Waals surface area contributed by atoms with Crippen LogP contribution in [0.4, 0.5) is 4.79 Å². The molecule has 116 valence electrons. The average molecular weight is 282 g/mol. The average Bonchev–Trinajstić information content (AvgIpc) is 2.38. The molecule has 2 unspecified atom stereocenters. The Balaban J connectivity index is 3.24. The summed E-state index contributed by atoms with van der Waals surface area (Å²) in [5.41, 5.74) is -0.184. The fraction of sp³-hybridized carbons (Fsp3) is 0.875. The molecular formula is C16H30N2O2. The molecule has 4 heteroatoms. The second kappa shape index (κ2) is 5.74. The molecule has 0 bridgehead atoms. The van der Waals surface area contributed by atoms with Gasteiger partial charge in [0.2, 0.25) is 5.91 Å². The van der Waals surface area contributed by atoms with E-state index >= 15 is 0 Å². The normalized spacial score (nSPS) is 25.4. The first-order chi connectivity index (χ1) is 9.00. The number of urea groups is 1. The molecule has 0 radical (unpaired) electrons. The van der Waals surface area contributed by atoms with E-state index in [1.807, 2.05) is 6.92 Å². The molecular weight excluding hydrogens is 252 g/mol. The monoisotopic (exact) mass is 282 g/mol. The Kier molecular flexibility index (Phi) is 4.88. The van der Waals surface area contributed by atoms with Crippen LogP contribution in [0.2, 0.25) is 0 Å². The smallest absolute Gasteiger partial charge is 0.324 e. The maximum atomic E-state index is 12.9. The Morgan fingerprint density at radius 2 is 1.65 bits per heavy atom. The van der Waals surface area contributed by atoms with Crippen LogP contribution in [-0.2, 0) is 4.79 Å². The minimum Gasteiger partial charge on any atom is -0.337 e. The Morgan fingerprint density at radius 3 is 2.05 bits per heavy atom. The Bertz CT molecular complexity index is 377. The summed E-state index contributed by atoms with van der Waals surface area (Å²) in [6, 6.07) is -0.238. The lowest BCUT2D eigenvalue weighted by Gasteiger charge is -2.41. The highest BCUT2D eigenvalue weighted by atomic mass is 16.2. The van der Waals surface area contributed by atoms with Gasteiger partial charge in [-0.25, -0.2) is 4.79 Å². The summed E-state index contributed by atoms with van der Waals surface area (Å²) < 4.78 is 0. The van der Waals surface area contributed by atoms with E-state index < -0.39 is 0 Å². The molecule has 0 aromatic rings. The highest BCUT2D eigenvalue weighted by molar-refractivity contribution is 5.97. The van der Waals surface area contributed by atoms with Gasteiger partial charge < -0.3 is 5.32 Å². The second-order valence-corrected chi connectivity index (χ2v) is 7.99. The van der Waals surface area contributed by atoms with Crippen LogP contribution in [0.5, 0.6) is 0 Å². The number of nitrogens with zero attached hydrogens (tertiary/aromatic N) is 1. The van der Waals surface area contributed by atoms with E-state index in [0.717, 1.165) is 6.42 Å². The third-order valence-corrected chi connectivity index (χ3v) is 4.15. The van der Waals surface area contributed by atoms with Gasteiger partial charge in [0.05, 0.1) is 0 Å². The lowest BCUT2D eigenvalue weighted by molar-refractivity contribution is -0.139. The number of amides is 3. The topological polar surface area (TPSA) is 49.4 Å². The second-order valence-electron chi connectivity index (χ2n) is 7.99. The Labute approximate surface area is 123 Å². The van der Waals surface area contributed by atoms with E-state index in [-0.39, 0.29) is 34.6 Å². The molecule has 1 aliphatic rings. The van der Waals surface area contributed by atoms with E-state index in [4.69, 9.17) is 0 Å². The first-order valence-corrected chi connectivity index (χ1v) is 7.59. The van der Waals surface area contributed by atoms with E-state index in [1.54, 1.807) is 0 Å². The van der Waals surface area contributed by atoms with E-state index in [0.29, 0.717) is 13.1 Å². The van der Waals surface area contributed by atoms with Crippen LogP contribution < -0.4 is 5.32 Å². The zero-order valence-electron chi connectivity index (χ0n) is 14.0. The number of nitrogens with one attached hydrogen (secondary N) is 1. The zero-order valence-corrected chi connectivity index (χ0v) is 14.0. The van der Waals surface area contributed by atoms with Crippen molar-refractivity contribution in [2.24, 2.45) is 22.7 Å². The van der Waals surface area contributed by atoms with E-state index in [9.17, 15) is 9.59 Å². The van der Waals surface area contributed by atoms with Crippen molar-refractivity contribution in [2.75, 3.05) is 13.1 Å². The number of rotatable bonds is 2. The van der Waals surface area contributed by atoms with Crippen LogP contribution in [-0.4, -0.2) is 29.9 Å². The summed E-state index contributed by atoms with van der Waals surface area (Å²) in [5.74, 6) is -0.0249. The van der Waals surface area contributed by atoms with Crippen molar-refractivity contribution >= 4 is 11.9 Å². The van der Waals surface area contributed by atoms with Crippen LogP contribution >= 0.6 is 0 Å². The summed E-state index contributed by atoms with van der Waals surface area (Å²) in [5, 5.41) is 2.93. The van der Waals surface area contributed by atoms with Crippen molar-refractivity contribution in [2.45, 2.75) is 54.9 Å². The van der Waals surface area contributed by atoms with Crippen LogP contribution in [0.1, 0.15) is 54.9 Å². The summed E-state index contributed by atoms with van der Waals surface area (Å²) in [4.78, 5) is 26.5. The zero-order chi connectivity index (χ0) is 15.7. The highest BCUT2D eigenvalue weighted by Crippen LogP contribution is 2.43. The predicted molar refractivity (Wildman–Crippen MR) is 81.3 cm³/mol. The van der Waals surface area contributed by atoms with Gasteiger partial charge in [0.25, 0.3) is 0 Å². The van der Waals surface area contributed by atoms with Crippen molar-refractivity contribution in [3.05, 3.63) is 0 Å². The summed E-state index contributed by atoms with van der Waals surface area (Å²) in [6.45, 7) is 15.8. The van der Waals surface area contributed by atoms with Crippen molar-refractivity contribution < 1.29 is 9.59 Å². The molecule has 1 N–H and O–H groups in total. The van der Waals surface area contributed by atoms with Crippen LogP contribution in [0.15, 0.2) is 0 Å². The van der Waals surface area contributed by atoms with Crippen molar-refractivity contribution in [1.29, 1.82) is 0 Å². The largest absolute Gasteiger partial charge is 0.337 e. The molecule has 1 heterocycles. The third kappa shape index (κ3) is 3.53. The number of hydrogen-bond acceptors (Lipinski definition) is 2. The number of imide groups is 1. The molecule has 0 aliphatic carbocycles. The van der Waals surface area contributed by atoms with Gasteiger partial charge in [0.15, 0.2) is 0 Å². The minimum atomic E-state index is -0.238. The maximum absolute atomic E-state index is 12.9. The van der Waals surface area contributed by atoms with Crippen LogP contribution in [0, 0.1) is 22.7 Å². The molecule has 0 aromatic carbocycles. The fourth-order valence-corrected chi connectivity index (χ4v) is 3.07. The minimum absolute atomic E-state index is 0.0192. The number of carbonyl (C=O) groups excluding carboxylic acids is 2. The van der Waals surface area contributed by atoms with Crippen molar-refractivity contribution in [1.82, 2.24) is 10.2 Å². The molecule has 0 saturated carbocycles. The van der Waals surface area contributed by atoms with Gasteiger partial charge in [0.1, 0.15) is 0 Å². The Hall–Kier alpha value is -1.06. The molecule has 4 nitrogen and oxygen atoms in total. The standard InChI is InChI=1S/C16H30N2O2/c1-8-9-18-13(19)12(16(5,6)7)11(15(2,3)4)10-17-14(18)20/h11-12H,8-10H2,1-7H3,(H,17,20). The van der Waals surface area contributed by atoms with Crippen LogP contribution in [0.25, 0.3) is 0 Å². The van der Waals surface area contributed by atoms with Crippen LogP contribution in [0.3, 0.4) is 0 Å². The van der Waals surface area contributed by atoms with Gasteiger partial charge in [0, 0.05) is 19.0 Å². The van der Waals surface area contributed by atoms with E-state index in [2.05, 4.69) is 46.9 Å². The van der Waals surface area contributed by atoms with Gasteiger partial charge in [-0.2, -0.15) is 0 Å². The van der Waals surface area contributed by atoms with Crippen molar-refractivity contribution in [3.63, 3.8) is 0 Å². The molecule has 0 aromatic heterocycles. The first kappa shape index (κ1) is 17.0. The number of hydrogen-bond donors (Lipinski definition) is 1. The van der Waals surface area contributed by atoms with Gasteiger partial charge in [-0.1, -0.05) is 48.5 Å². The summed E-state index contributed by atoms with van der Waals surface area (Å²) in [7, 11) is 0. The van der Waals surface area contributed by atoms with Crippen molar-refractivity contribution in [3.8, 4) is 0 Å². The molecule has 1 aliphatic heterocycles. The highest BCUT2D eigenvalue weighted by Gasteiger charge is 2.47. The van der Waals surface area contributed by atoms with Gasteiger partial charge in [-0.15, -0.1) is 0 Å². The first-order valence-electron chi connectivity index (χ1n) is 7.59. The molecule has 1 fully saturated rings. The predicted octanol–water partition coefficient (Wildman–Crippen LogP) is 3.27. The maximum Gasteiger partial charge on any atom is 0.324 e. The molecule has 0 spiro atoms. The van der Waals surface area contributed by atoms with Gasteiger partial charge >= 0.3 is 6.03 Å². The van der Waals surface area contributed by atoms with E-state index in [1.165, 1.54) is 4.90 Å². The lowest BCUT2D eigenvalue weighted by Crippen LogP contribution is -2.47. The molecule has 20 heavy (non-hydrogen) atoms. The third-order valence-electron chi connectivity index (χ3n) is 4.15. The number of carbonyl (C=O) groups is 2. The SMILES string of the molecule is CCCN1C(=O)NCC(C(C)(C)C)C(C(C)(C)C)C1=O. The lowest BCUT2D eigenvalue weighted by atomic mass is 9.64. The summed E-state index contributed by atoms with van der Waals surface area (Å²) in [6.07, 6.45) is 0.788. The summed E-state index contributed by atoms with van der Waals surface area (Å²) >= 11 is 0. The quantitative estimate of drug-likeness (QED) is 0.845. The molecule has 1 saturated heterocycles. The fourth-order valence-electron chi connectivity index (χ4n) is 3.07. The Morgan fingerprint density at radius 1 is 1.10 bits per heavy atom. The van der Waals surface area contributed by atoms with Gasteiger partial charge in [-0.05, 0) is 23.2 Å². The van der Waals surface area contributed by atoms with Gasteiger partial charge in [-0.3, -0.25) is 9.69 Å². The molecule has 3 amide bonds. The molecule has 2 atom stereocenters.